The molecule has 1 aliphatic rings. The van der Waals surface area contributed by atoms with Crippen LogP contribution in [0, 0.1) is 11.7 Å². The van der Waals surface area contributed by atoms with Crippen molar-refractivity contribution >= 4 is 29.4 Å². The molecule has 7 heteroatoms. The molecule has 0 aromatic heterocycles. The van der Waals surface area contributed by atoms with Crippen molar-refractivity contribution < 1.29 is 14.3 Å². The van der Waals surface area contributed by atoms with Gasteiger partial charge in [0.15, 0.2) is 0 Å². The SMILES string of the molecule is CC1CCN(c2cccc(-c3cc(F)cc(-c4ccc(N(C=O)/C=C\N(C)C)c(Cl)c4)c3O)c2)C1. The molecule has 0 saturated carbocycles. The first-order valence-electron chi connectivity index (χ1n) is 11.5. The van der Waals surface area contributed by atoms with Crippen molar-refractivity contribution in [2.45, 2.75) is 13.3 Å². The van der Waals surface area contributed by atoms with Gasteiger partial charge in [-0.1, -0.05) is 36.7 Å². The van der Waals surface area contributed by atoms with Crippen molar-refractivity contribution in [3.8, 4) is 28.0 Å². The fourth-order valence-electron chi connectivity index (χ4n) is 4.34. The zero-order chi connectivity index (χ0) is 25.1. The number of aromatic hydroxyl groups is 1. The first kappa shape index (κ1) is 24.6. The van der Waals surface area contributed by atoms with Crippen LogP contribution < -0.4 is 9.80 Å². The van der Waals surface area contributed by atoms with E-state index >= 15 is 0 Å². The molecule has 182 valence electrons. The van der Waals surface area contributed by atoms with Gasteiger partial charge < -0.3 is 14.9 Å². The van der Waals surface area contributed by atoms with E-state index < -0.39 is 5.82 Å². The van der Waals surface area contributed by atoms with Crippen LogP contribution in [0.25, 0.3) is 22.3 Å². The van der Waals surface area contributed by atoms with Crippen LogP contribution in [-0.4, -0.2) is 43.6 Å². The summed E-state index contributed by atoms with van der Waals surface area (Å²) in [7, 11) is 3.69. The number of hydrogen-bond donors (Lipinski definition) is 1. The number of amides is 1. The fraction of sp³-hybridized carbons (Fsp3) is 0.250. The van der Waals surface area contributed by atoms with Gasteiger partial charge in [-0.05, 0) is 59.9 Å². The van der Waals surface area contributed by atoms with E-state index in [0.29, 0.717) is 39.7 Å². The molecule has 3 aromatic carbocycles. The van der Waals surface area contributed by atoms with E-state index in [2.05, 4.69) is 11.8 Å². The Hall–Kier alpha value is -3.51. The summed E-state index contributed by atoms with van der Waals surface area (Å²) in [4.78, 5) is 17.0. The third-order valence-corrected chi connectivity index (χ3v) is 6.50. The van der Waals surface area contributed by atoms with Gasteiger partial charge in [0.05, 0.1) is 10.7 Å². The molecule has 1 atom stereocenters. The summed E-state index contributed by atoms with van der Waals surface area (Å²) in [6, 6.07) is 15.5. The second-order valence-electron chi connectivity index (χ2n) is 9.18. The molecule has 0 bridgehead atoms. The first-order chi connectivity index (χ1) is 16.8. The van der Waals surface area contributed by atoms with Gasteiger partial charge in [0.25, 0.3) is 0 Å². The molecule has 35 heavy (non-hydrogen) atoms. The monoisotopic (exact) mass is 493 g/mol. The predicted octanol–water partition coefficient (Wildman–Crippen LogP) is 6.36. The van der Waals surface area contributed by atoms with Crippen molar-refractivity contribution in [1.82, 2.24) is 4.90 Å². The summed E-state index contributed by atoms with van der Waals surface area (Å²) in [5.41, 5.74) is 3.57. The Bertz CT molecular complexity index is 1260. The predicted molar refractivity (Wildman–Crippen MR) is 141 cm³/mol. The maximum atomic E-state index is 14.7. The first-order valence-corrected chi connectivity index (χ1v) is 11.9. The van der Waals surface area contributed by atoms with Gasteiger partial charge in [0, 0.05) is 56.4 Å². The Kier molecular flexibility index (Phi) is 7.31. The topological polar surface area (TPSA) is 47.0 Å². The van der Waals surface area contributed by atoms with E-state index in [1.807, 2.05) is 38.4 Å². The molecule has 1 fully saturated rings. The highest BCUT2D eigenvalue weighted by atomic mass is 35.5. The fourth-order valence-corrected chi connectivity index (χ4v) is 4.62. The van der Waals surface area contributed by atoms with E-state index in [1.54, 1.807) is 35.5 Å². The van der Waals surface area contributed by atoms with Gasteiger partial charge in [-0.3, -0.25) is 9.69 Å². The van der Waals surface area contributed by atoms with Crippen molar-refractivity contribution in [3.63, 3.8) is 0 Å². The van der Waals surface area contributed by atoms with Crippen molar-refractivity contribution in [2.75, 3.05) is 37.0 Å². The lowest BCUT2D eigenvalue weighted by Gasteiger charge is -2.20. The summed E-state index contributed by atoms with van der Waals surface area (Å²) in [5.74, 6) is 0.146. The van der Waals surface area contributed by atoms with Crippen LogP contribution in [0.4, 0.5) is 15.8 Å². The van der Waals surface area contributed by atoms with E-state index in [9.17, 15) is 14.3 Å². The average Bonchev–Trinajstić information content (AvgIpc) is 3.27. The minimum Gasteiger partial charge on any atom is -0.507 e. The highest BCUT2D eigenvalue weighted by Gasteiger charge is 2.20. The van der Waals surface area contributed by atoms with Crippen molar-refractivity contribution in [3.05, 3.63) is 77.8 Å². The second-order valence-corrected chi connectivity index (χ2v) is 9.59. The molecule has 1 aliphatic heterocycles. The zero-order valence-electron chi connectivity index (χ0n) is 20.1. The Labute approximate surface area is 210 Å². The Balaban J connectivity index is 1.71. The molecule has 3 aromatic rings. The highest BCUT2D eigenvalue weighted by Crippen LogP contribution is 2.42. The Morgan fingerprint density at radius 2 is 1.77 bits per heavy atom. The molecule has 4 rings (SSSR count). The van der Waals surface area contributed by atoms with Crippen LogP contribution in [0.2, 0.25) is 5.02 Å². The molecule has 0 radical (unpaired) electrons. The van der Waals surface area contributed by atoms with Gasteiger partial charge >= 0.3 is 0 Å². The quantitative estimate of drug-likeness (QED) is 0.389. The molecule has 0 aliphatic carbocycles. The van der Waals surface area contributed by atoms with Crippen LogP contribution in [0.5, 0.6) is 5.75 Å². The number of phenols is 1. The third kappa shape index (κ3) is 5.43. The number of carbonyl (C=O) groups excluding carboxylic acids is 1. The van der Waals surface area contributed by atoms with Crippen molar-refractivity contribution in [2.24, 2.45) is 5.92 Å². The molecule has 0 spiro atoms. The number of hydrogen-bond acceptors (Lipinski definition) is 4. The maximum absolute atomic E-state index is 14.7. The molecule has 1 heterocycles. The summed E-state index contributed by atoms with van der Waals surface area (Å²) < 4.78 is 14.7. The summed E-state index contributed by atoms with van der Waals surface area (Å²) >= 11 is 6.49. The molecular formula is C28H29ClFN3O2. The van der Waals surface area contributed by atoms with Crippen molar-refractivity contribution in [1.29, 1.82) is 0 Å². The maximum Gasteiger partial charge on any atom is 0.218 e. The van der Waals surface area contributed by atoms with Crippen LogP contribution in [0.1, 0.15) is 13.3 Å². The number of anilines is 2. The van der Waals surface area contributed by atoms with Crippen LogP contribution in [-0.2, 0) is 4.79 Å². The largest absolute Gasteiger partial charge is 0.507 e. The van der Waals surface area contributed by atoms with Crippen LogP contribution in [0.15, 0.2) is 67.0 Å². The summed E-state index contributed by atoms with van der Waals surface area (Å²) in [6.07, 6.45) is 5.12. The molecule has 1 N–H and O–H groups in total. The lowest BCUT2D eigenvalue weighted by molar-refractivity contribution is -0.106. The van der Waals surface area contributed by atoms with Gasteiger partial charge in [-0.15, -0.1) is 0 Å². The lowest BCUT2D eigenvalue weighted by Crippen LogP contribution is -2.18. The minimum atomic E-state index is -0.461. The van der Waals surface area contributed by atoms with E-state index in [-0.39, 0.29) is 5.75 Å². The van der Waals surface area contributed by atoms with E-state index in [4.69, 9.17) is 11.6 Å². The number of benzene rings is 3. The molecular weight excluding hydrogens is 465 g/mol. The Morgan fingerprint density at radius 3 is 2.37 bits per heavy atom. The zero-order valence-corrected chi connectivity index (χ0v) is 20.8. The van der Waals surface area contributed by atoms with Crippen LogP contribution >= 0.6 is 11.6 Å². The smallest absolute Gasteiger partial charge is 0.218 e. The number of rotatable bonds is 7. The van der Waals surface area contributed by atoms with E-state index in [0.717, 1.165) is 30.8 Å². The number of carbonyl (C=O) groups is 1. The minimum absolute atomic E-state index is 0.0260. The van der Waals surface area contributed by atoms with Gasteiger partial charge in [-0.2, -0.15) is 0 Å². The Morgan fingerprint density at radius 1 is 1.06 bits per heavy atom. The molecule has 1 saturated heterocycles. The van der Waals surface area contributed by atoms with Gasteiger partial charge in [-0.25, -0.2) is 4.39 Å². The summed E-state index contributed by atoms with van der Waals surface area (Å²) in [6.45, 7) is 4.20. The standard InChI is InChI=1S/C28H29ClFN3O2/c1-19-9-10-32(17-19)23-6-4-5-20(13-23)24-15-22(30)16-25(28(24)35)21-7-8-27(26(29)14-21)33(18-34)12-11-31(2)3/h4-8,11-16,18-19,35H,9-10,17H2,1-3H3/b12-11-. The van der Waals surface area contributed by atoms with Gasteiger partial charge in [0.2, 0.25) is 6.41 Å². The van der Waals surface area contributed by atoms with Gasteiger partial charge in [0.1, 0.15) is 11.6 Å². The number of phenolic OH excluding ortho intramolecular Hbond substituents is 1. The normalized spacial score (nSPS) is 15.6. The van der Waals surface area contributed by atoms with Crippen LogP contribution in [0.3, 0.4) is 0 Å². The molecule has 5 nitrogen and oxygen atoms in total. The number of halogens is 2. The lowest BCUT2D eigenvalue weighted by atomic mass is 9.96. The van der Waals surface area contributed by atoms with E-state index in [1.165, 1.54) is 17.0 Å². The third-order valence-electron chi connectivity index (χ3n) is 6.20. The number of nitrogens with zero attached hydrogens (tertiary/aromatic N) is 3. The molecule has 1 amide bonds. The average molecular weight is 494 g/mol. The second kappa shape index (κ2) is 10.4. The highest BCUT2D eigenvalue weighted by molar-refractivity contribution is 6.34. The summed E-state index contributed by atoms with van der Waals surface area (Å²) in [5, 5.41) is 11.5. The molecule has 1 unspecified atom stereocenters.